The molecule has 14 heteroatoms. The van der Waals surface area contributed by atoms with Gasteiger partial charge < -0.3 is 29.7 Å². The Kier molecular flexibility index (Phi) is 24.9. The molecule has 0 radical (unpaired) electrons. The third-order valence-electron chi connectivity index (χ3n) is 7.28. The molecule has 288 valence electrons. The summed E-state index contributed by atoms with van der Waals surface area (Å²) in [5.41, 5.74) is 8.00. The zero-order chi connectivity index (χ0) is 34.4. The maximum absolute atomic E-state index is 5.50. The molecule has 0 spiro atoms. The van der Waals surface area contributed by atoms with Crippen molar-refractivity contribution in [2.24, 2.45) is 0 Å². The second kappa shape index (κ2) is 27.9. The molecule has 0 bridgehead atoms. The van der Waals surface area contributed by atoms with E-state index in [0.717, 1.165) is 101 Å². The molecule has 2 saturated heterocycles. The van der Waals surface area contributed by atoms with Crippen molar-refractivity contribution in [2.75, 3.05) is 92.0 Å². The number of rotatable bonds is 10. The Hall–Kier alpha value is -3.69. The smallest absolute Gasteiger partial charge is 0.150 e. The van der Waals surface area contributed by atoms with Crippen molar-refractivity contribution in [1.82, 2.24) is 29.8 Å². The van der Waals surface area contributed by atoms with Crippen molar-refractivity contribution in [3.05, 3.63) is 109 Å². The van der Waals surface area contributed by atoms with Gasteiger partial charge in [0.1, 0.15) is 11.6 Å². The topological polar surface area (TPSA) is 125 Å². The number of alkyl halides is 2. The van der Waals surface area contributed by atoms with E-state index in [1.807, 2.05) is 52.1 Å². The number of halogens is 2. The first-order valence-corrected chi connectivity index (χ1v) is 18.6. The maximum Gasteiger partial charge on any atom is 0.150 e. The fraction of sp³-hybridized carbons (Fsp3) is 0.447. The summed E-state index contributed by atoms with van der Waals surface area (Å²) in [5.74, 6) is 2.71. The summed E-state index contributed by atoms with van der Waals surface area (Å²) in [7, 11) is 0. The van der Waals surface area contributed by atoms with Crippen molar-refractivity contribution >= 4 is 49.3 Å². The highest BCUT2D eigenvalue weighted by Gasteiger charge is 2.13. The summed E-state index contributed by atoms with van der Waals surface area (Å²) >= 11 is 6.48. The van der Waals surface area contributed by atoms with Crippen molar-refractivity contribution in [1.29, 1.82) is 0 Å². The third-order valence-corrected chi connectivity index (χ3v) is 7.93. The van der Waals surface area contributed by atoms with E-state index in [1.165, 1.54) is 11.1 Å². The number of anilines is 3. The highest BCUT2D eigenvalue weighted by atomic mass is 79.9. The second-order valence-corrected chi connectivity index (χ2v) is 12.5. The summed E-state index contributed by atoms with van der Waals surface area (Å²) < 4.78 is 19.4. The van der Waals surface area contributed by atoms with E-state index in [9.17, 15) is 0 Å². The number of morpholine rings is 2. The Labute approximate surface area is 327 Å². The quantitative estimate of drug-likeness (QED) is 0.111. The number of ether oxygens (including phenoxy) is 3. The van der Waals surface area contributed by atoms with E-state index >= 15 is 0 Å². The predicted molar refractivity (Wildman–Crippen MR) is 223 cm³/mol. The molecule has 5 aromatic rings. The number of hydrogen-bond donors (Lipinski definition) is 2. The Morgan fingerprint density at radius 3 is 1.62 bits per heavy atom. The van der Waals surface area contributed by atoms with Gasteiger partial charge in [-0.1, -0.05) is 115 Å². The molecule has 52 heavy (non-hydrogen) atoms. The van der Waals surface area contributed by atoms with Gasteiger partial charge in [-0.05, 0) is 17.2 Å². The summed E-state index contributed by atoms with van der Waals surface area (Å²) in [6.45, 7) is 10.2. The van der Waals surface area contributed by atoms with Crippen LogP contribution in [0.4, 0.5) is 17.5 Å². The number of nitrogens with two attached hydrogens (primary N) is 1. The second-order valence-electron chi connectivity index (χ2n) is 10.9. The molecule has 3 N–H and O–H groups in total. The molecular weight excluding hydrogens is 790 g/mol. The van der Waals surface area contributed by atoms with Crippen LogP contribution in [0.5, 0.6) is 0 Å². The molecule has 7 rings (SSSR count). The van der Waals surface area contributed by atoms with E-state index in [4.69, 9.17) is 19.9 Å². The van der Waals surface area contributed by atoms with Gasteiger partial charge in [0, 0.05) is 61.4 Å². The molecule has 5 heterocycles. The molecule has 12 nitrogen and oxygen atoms in total. The molecule has 2 aliphatic heterocycles. The first kappa shape index (κ1) is 46.3. The van der Waals surface area contributed by atoms with Gasteiger partial charge in [0.15, 0.2) is 5.82 Å². The van der Waals surface area contributed by atoms with Gasteiger partial charge in [0.2, 0.25) is 0 Å². The van der Waals surface area contributed by atoms with Gasteiger partial charge in [0.25, 0.3) is 0 Å². The van der Waals surface area contributed by atoms with Gasteiger partial charge in [-0.2, -0.15) is 15.3 Å². The zero-order valence-electron chi connectivity index (χ0n) is 27.8. The van der Waals surface area contributed by atoms with Gasteiger partial charge in [0.05, 0.1) is 58.9 Å². The van der Waals surface area contributed by atoms with Crippen molar-refractivity contribution in [3.63, 3.8) is 0 Å². The first-order valence-electron chi connectivity index (χ1n) is 16.4. The van der Waals surface area contributed by atoms with Crippen LogP contribution in [0, 0.1) is 0 Å². The Morgan fingerprint density at radius 1 is 0.654 bits per heavy atom. The summed E-state index contributed by atoms with van der Waals surface area (Å²) in [6, 6.07) is 26.4. The Morgan fingerprint density at radius 2 is 1.15 bits per heavy atom. The highest BCUT2D eigenvalue weighted by molar-refractivity contribution is 9.09. The van der Waals surface area contributed by atoms with Crippen LogP contribution in [-0.4, -0.2) is 106 Å². The van der Waals surface area contributed by atoms with Gasteiger partial charge in [-0.25, -0.2) is 0 Å². The van der Waals surface area contributed by atoms with E-state index in [1.54, 1.807) is 12.3 Å². The van der Waals surface area contributed by atoms with Crippen LogP contribution in [0.2, 0.25) is 0 Å². The lowest BCUT2D eigenvalue weighted by Gasteiger charge is -2.26. The molecule has 0 unspecified atom stereocenters. The molecule has 3 aromatic heterocycles. The summed E-state index contributed by atoms with van der Waals surface area (Å²) in [5, 5.41) is 17.4. The number of benzene rings is 2. The number of aromatic amines is 1. The fourth-order valence-electron chi connectivity index (χ4n) is 4.85. The van der Waals surface area contributed by atoms with Gasteiger partial charge >= 0.3 is 0 Å². The predicted octanol–water partition coefficient (Wildman–Crippen LogP) is 7.23. The Bertz CT molecular complexity index is 1510. The molecule has 0 saturated carbocycles. The number of H-pyrrole nitrogens is 1. The van der Waals surface area contributed by atoms with Crippen molar-refractivity contribution < 1.29 is 14.2 Å². The minimum Gasteiger partial charge on any atom is -0.382 e. The van der Waals surface area contributed by atoms with E-state index in [-0.39, 0.29) is 22.3 Å². The lowest BCUT2D eigenvalue weighted by molar-refractivity contribution is 0.122. The molecule has 0 atom stereocenters. The lowest BCUT2D eigenvalue weighted by Crippen LogP contribution is -2.36. The van der Waals surface area contributed by atoms with Crippen molar-refractivity contribution in [3.8, 4) is 0 Å². The normalized spacial score (nSPS) is 13.3. The molecule has 2 aromatic carbocycles. The third kappa shape index (κ3) is 17.7. The van der Waals surface area contributed by atoms with Gasteiger partial charge in [-0.15, -0.1) is 0 Å². The molecule has 0 aliphatic carbocycles. The first-order chi connectivity index (χ1) is 24.1. The molecule has 0 amide bonds. The van der Waals surface area contributed by atoms with E-state index in [2.05, 4.69) is 105 Å². The van der Waals surface area contributed by atoms with Crippen LogP contribution in [0.3, 0.4) is 0 Å². The maximum atomic E-state index is 5.50. The minimum absolute atomic E-state index is 0. The zero-order valence-corrected chi connectivity index (χ0v) is 31.0. The largest absolute Gasteiger partial charge is 0.382 e. The number of nitrogen functional groups attached to an aromatic ring is 1. The SMILES string of the molecule is BrCCOCCBr.C.C.C.Nc1ccn(Cc2ccccc2)n1.c1cc(N2CCOCC2)[nH]n1.c1ccc(Cn2ccc(N3CCOCC3)n2)cc1. The van der Waals surface area contributed by atoms with Crippen LogP contribution in [-0.2, 0) is 27.3 Å². The van der Waals surface area contributed by atoms with Crippen LogP contribution < -0.4 is 15.5 Å². The average molecular weight is 850 g/mol. The minimum atomic E-state index is 0. The highest BCUT2D eigenvalue weighted by Crippen LogP contribution is 2.13. The van der Waals surface area contributed by atoms with Gasteiger partial charge in [-0.3, -0.25) is 14.5 Å². The van der Waals surface area contributed by atoms with Crippen LogP contribution in [0.15, 0.2) is 97.5 Å². The standard InChI is InChI=1S/C14H17N3O.C10H11N3.C7H11N3O.C4H8Br2O.3CH4/c1-2-4-13(5-3-1)12-17-7-6-14(15-17)16-8-10-18-11-9-16;11-10-6-7-13(12-10)8-9-4-2-1-3-5-9;1-2-8-9-7(1)10-3-5-11-6-4-10;5-1-3-7-4-2-6;;;/h1-7H,8-12H2;1-7H,8H2,(H2,11,12);1-2H,3-6H2,(H,8,9);1-4H2;3*1H4. The Balaban J connectivity index is 0.000000357. The lowest BCUT2D eigenvalue weighted by atomic mass is 10.2. The average Bonchev–Trinajstić information content (AvgIpc) is 3.95. The van der Waals surface area contributed by atoms with E-state index < -0.39 is 0 Å². The van der Waals surface area contributed by atoms with E-state index in [0.29, 0.717) is 5.82 Å². The number of nitrogens with zero attached hydrogens (tertiary/aromatic N) is 7. The molecular formula is C38H59Br2N9O3. The van der Waals surface area contributed by atoms with Crippen LogP contribution >= 0.6 is 31.9 Å². The summed E-state index contributed by atoms with van der Waals surface area (Å²) in [6.07, 6.45) is 5.69. The van der Waals surface area contributed by atoms with Crippen LogP contribution in [0.25, 0.3) is 0 Å². The van der Waals surface area contributed by atoms with Crippen molar-refractivity contribution in [2.45, 2.75) is 35.4 Å². The van der Waals surface area contributed by atoms with Crippen LogP contribution in [0.1, 0.15) is 33.4 Å². The number of aromatic nitrogens is 6. The number of nitrogens with one attached hydrogen (secondary N) is 1. The number of hydrogen-bond acceptors (Lipinski definition) is 9. The fourth-order valence-corrected chi connectivity index (χ4v) is 5.30. The molecule has 2 aliphatic rings. The molecule has 2 fully saturated rings. The monoisotopic (exact) mass is 847 g/mol. The summed E-state index contributed by atoms with van der Waals surface area (Å²) in [4.78, 5) is 4.50.